The Morgan fingerprint density at radius 3 is 2.25 bits per heavy atom. The molecule has 0 aliphatic carbocycles. The number of nitrogens with one attached hydrogen (secondary N) is 1. The van der Waals surface area contributed by atoms with Gasteiger partial charge in [0, 0.05) is 17.1 Å². The summed E-state index contributed by atoms with van der Waals surface area (Å²) in [7, 11) is 1.56. The highest BCUT2D eigenvalue weighted by molar-refractivity contribution is 8.18. The zero-order chi connectivity index (χ0) is 26.1. The van der Waals surface area contributed by atoms with E-state index in [-0.39, 0.29) is 6.54 Å². The summed E-state index contributed by atoms with van der Waals surface area (Å²) in [6, 6.07) is 13.1. The molecule has 1 saturated heterocycles. The van der Waals surface area contributed by atoms with E-state index in [1.54, 1.807) is 37.5 Å². The molecule has 1 fully saturated rings. The number of nitrogens with zero attached hydrogens (tertiary/aromatic N) is 2. The molecule has 186 valence electrons. The summed E-state index contributed by atoms with van der Waals surface area (Å²) in [5.74, 6) is -0.259. The van der Waals surface area contributed by atoms with Crippen molar-refractivity contribution < 1.29 is 19.1 Å². The van der Waals surface area contributed by atoms with Gasteiger partial charge in [0.15, 0.2) is 0 Å². The number of hydrogen-bond donors (Lipinski definition) is 1. The minimum absolute atomic E-state index is 0.301. The highest BCUT2D eigenvalue weighted by Gasteiger charge is 2.36. The van der Waals surface area contributed by atoms with Crippen molar-refractivity contribution in [1.29, 1.82) is 0 Å². The second-order valence-electron chi connectivity index (χ2n) is 8.95. The number of hydrogen-bond acceptors (Lipinski definition) is 5. The molecule has 2 heterocycles. The Bertz CT molecular complexity index is 1380. The average molecular weight is 504 g/mol. The van der Waals surface area contributed by atoms with Crippen molar-refractivity contribution in [2.75, 3.05) is 19.0 Å². The number of aromatic nitrogens is 1. The number of rotatable bonds is 6. The van der Waals surface area contributed by atoms with E-state index in [2.05, 4.69) is 42.8 Å². The summed E-state index contributed by atoms with van der Waals surface area (Å²) >= 11 is 0.850. The van der Waals surface area contributed by atoms with Gasteiger partial charge in [-0.05, 0) is 99.5 Å². The quantitative estimate of drug-likeness (QED) is 0.436. The zero-order valence-electron chi connectivity index (χ0n) is 21.3. The van der Waals surface area contributed by atoms with E-state index in [1.807, 2.05) is 19.9 Å². The van der Waals surface area contributed by atoms with Gasteiger partial charge >= 0.3 is 0 Å². The van der Waals surface area contributed by atoms with Crippen LogP contribution in [-0.4, -0.2) is 40.2 Å². The number of benzene rings is 2. The number of imide groups is 1. The van der Waals surface area contributed by atoms with Gasteiger partial charge in [0.05, 0.1) is 17.7 Å². The maximum atomic E-state index is 13.0. The van der Waals surface area contributed by atoms with Crippen LogP contribution in [0.25, 0.3) is 11.8 Å². The van der Waals surface area contributed by atoms with Gasteiger partial charge in [0.2, 0.25) is 5.91 Å². The molecule has 4 rings (SSSR count). The Morgan fingerprint density at radius 2 is 1.64 bits per heavy atom. The summed E-state index contributed by atoms with van der Waals surface area (Å²) < 4.78 is 7.29. The van der Waals surface area contributed by atoms with Crippen LogP contribution < -0.4 is 10.1 Å². The topological polar surface area (TPSA) is 80.6 Å². The Morgan fingerprint density at radius 1 is 1.00 bits per heavy atom. The van der Waals surface area contributed by atoms with Crippen molar-refractivity contribution in [3.63, 3.8) is 0 Å². The molecule has 1 aliphatic heterocycles. The first-order valence-corrected chi connectivity index (χ1v) is 12.4. The van der Waals surface area contributed by atoms with Crippen LogP contribution in [0.15, 0.2) is 47.4 Å². The van der Waals surface area contributed by atoms with Crippen molar-refractivity contribution in [2.45, 2.75) is 34.6 Å². The van der Waals surface area contributed by atoms with E-state index in [4.69, 9.17) is 4.74 Å². The minimum Gasteiger partial charge on any atom is -0.497 e. The van der Waals surface area contributed by atoms with Crippen LogP contribution in [0, 0.1) is 34.6 Å². The van der Waals surface area contributed by atoms with Gasteiger partial charge in [-0.3, -0.25) is 19.3 Å². The van der Waals surface area contributed by atoms with Crippen LogP contribution in [0.2, 0.25) is 0 Å². The van der Waals surface area contributed by atoms with Crippen molar-refractivity contribution in [3.8, 4) is 11.4 Å². The summed E-state index contributed by atoms with van der Waals surface area (Å²) in [6.07, 6.45) is 1.74. The van der Waals surface area contributed by atoms with Crippen LogP contribution in [-0.2, 0) is 9.59 Å². The molecular formula is C28H29N3O4S. The third-order valence-corrected chi connectivity index (χ3v) is 7.07. The van der Waals surface area contributed by atoms with Crippen molar-refractivity contribution in [2.24, 2.45) is 0 Å². The van der Waals surface area contributed by atoms with Gasteiger partial charge < -0.3 is 14.6 Å². The molecule has 0 saturated carbocycles. The van der Waals surface area contributed by atoms with E-state index in [9.17, 15) is 14.4 Å². The number of aryl methyl sites for hydroxylation is 4. The van der Waals surface area contributed by atoms with Gasteiger partial charge in [0.1, 0.15) is 12.3 Å². The van der Waals surface area contributed by atoms with Gasteiger partial charge in [-0.2, -0.15) is 0 Å². The molecule has 36 heavy (non-hydrogen) atoms. The molecule has 1 N–H and O–H groups in total. The molecule has 0 spiro atoms. The molecule has 0 atom stereocenters. The lowest BCUT2D eigenvalue weighted by Gasteiger charge is -2.17. The largest absolute Gasteiger partial charge is 0.497 e. The van der Waals surface area contributed by atoms with E-state index < -0.39 is 17.1 Å². The first-order chi connectivity index (χ1) is 17.1. The molecule has 7 nitrogen and oxygen atoms in total. The molecule has 0 radical (unpaired) electrons. The summed E-state index contributed by atoms with van der Waals surface area (Å²) in [4.78, 5) is 39.4. The van der Waals surface area contributed by atoms with E-state index in [1.165, 1.54) is 16.7 Å². The summed E-state index contributed by atoms with van der Waals surface area (Å²) in [5.41, 5.74) is 8.10. The first-order valence-electron chi connectivity index (χ1n) is 11.6. The smallest absolute Gasteiger partial charge is 0.294 e. The molecule has 3 aromatic rings. The molecule has 2 aromatic carbocycles. The number of carbonyl (C=O) groups excluding carboxylic acids is 3. The van der Waals surface area contributed by atoms with Crippen molar-refractivity contribution in [3.05, 3.63) is 81.0 Å². The van der Waals surface area contributed by atoms with Crippen LogP contribution in [0.1, 0.15) is 33.6 Å². The summed E-state index contributed by atoms with van der Waals surface area (Å²) in [5, 5.41) is 2.24. The highest BCUT2D eigenvalue weighted by Crippen LogP contribution is 2.34. The van der Waals surface area contributed by atoms with Crippen molar-refractivity contribution >= 4 is 40.6 Å². The third kappa shape index (κ3) is 4.95. The molecule has 1 aromatic heterocycles. The SMILES string of the molecule is COc1ccc(NC(=O)CN2C(=O)S/C(=C/c3cc(C)n(-c4c(C)cc(C)cc4C)c3C)C2=O)cc1. The number of ether oxygens (including phenoxy) is 1. The molecular weight excluding hydrogens is 474 g/mol. The highest BCUT2D eigenvalue weighted by atomic mass is 32.2. The van der Waals surface area contributed by atoms with Gasteiger partial charge in [0.25, 0.3) is 11.1 Å². The van der Waals surface area contributed by atoms with Crippen LogP contribution >= 0.6 is 11.8 Å². The first kappa shape index (κ1) is 25.3. The minimum atomic E-state index is -0.470. The zero-order valence-corrected chi connectivity index (χ0v) is 22.1. The Labute approximate surface area is 215 Å². The number of anilines is 1. The van der Waals surface area contributed by atoms with E-state index in [0.29, 0.717) is 16.3 Å². The standard InChI is InChI=1S/C28H29N3O4S/c1-16-11-17(2)26(18(3)12-16)31-19(4)13-21(20(31)5)14-24-27(33)30(28(34)36-24)15-25(32)29-22-7-9-23(35-6)10-8-22/h7-14H,15H2,1-6H3,(H,29,32)/b24-14+. The average Bonchev–Trinajstić information content (AvgIpc) is 3.23. The molecule has 3 amide bonds. The van der Waals surface area contributed by atoms with Gasteiger partial charge in [-0.25, -0.2) is 0 Å². The fourth-order valence-corrected chi connectivity index (χ4v) is 5.43. The monoisotopic (exact) mass is 503 g/mol. The second kappa shape index (κ2) is 10.1. The predicted octanol–water partition coefficient (Wildman–Crippen LogP) is 5.70. The van der Waals surface area contributed by atoms with Crippen LogP contribution in [0.4, 0.5) is 10.5 Å². The predicted molar refractivity (Wildman–Crippen MR) is 144 cm³/mol. The number of carbonyl (C=O) groups is 3. The maximum absolute atomic E-state index is 13.0. The van der Waals surface area contributed by atoms with Crippen LogP contribution in [0.3, 0.4) is 0 Å². The Hall–Kier alpha value is -3.78. The second-order valence-corrected chi connectivity index (χ2v) is 9.95. The maximum Gasteiger partial charge on any atom is 0.294 e. The number of methoxy groups -OCH3 is 1. The normalized spacial score (nSPS) is 14.6. The summed E-state index contributed by atoms with van der Waals surface area (Å²) in [6.45, 7) is 9.95. The molecule has 0 unspecified atom stereocenters. The fourth-order valence-electron chi connectivity index (χ4n) is 4.60. The Balaban J connectivity index is 1.54. The van der Waals surface area contributed by atoms with Gasteiger partial charge in [-0.15, -0.1) is 0 Å². The van der Waals surface area contributed by atoms with Crippen LogP contribution in [0.5, 0.6) is 5.75 Å². The lowest BCUT2D eigenvalue weighted by atomic mass is 10.0. The molecule has 0 bridgehead atoms. The fraction of sp³-hybridized carbons (Fsp3) is 0.250. The number of amides is 3. The lowest BCUT2D eigenvalue weighted by Crippen LogP contribution is -2.36. The van der Waals surface area contributed by atoms with Crippen molar-refractivity contribution in [1.82, 2.24) is 9.47 Å². The lowest BCUT2D eigenvalue weighted by molar-refractivity contribution is -0.127. The molecule has 1 aliphatic rings. The van der Waals surface area contributed by atoms with E-state index in [0.717, 1.165) is 39.3 Å². The van der Waals surface area contributed by atoms with E-state index >= 15 is 0 Å². The number of thioether (sulfide) groups is 1. The van der Waals surface area contributed by atoms with Gasteiger partial charge in [-0.1, -0.05) is 17.7 Å². The Kier molecular flexibility index (Phi) is 7.08. The molecule has 8 heteroatoms. The third-order valence-electron chi connectivity index (χ3n) is 6.16.